The quantitative estimate of drug-likeness (QED) is 0.735. The zero-order valence-corrected chi connectivity index (χ0v) is 11.5. The maximum Gasteiger partial charge on any atom is 0.271 e. The molecule has 1 rings (SSSR count). The molecule has 2 N–H and O–H groups in total. The van der Waals surface area contributed by atoms with E-state index >= 15 is 0 Å². The Morgan fingerprint density at radius 2 is 2.20 bits per heavy atom. The van der Waals surface area contributed by atoms with Crippen LogP contribution in [0, 0.1) is 11.8 Å². The number of likely N-dealkylation sites (N-methyl/N-ethyl adjacent to an activating group) is 1. The number of nitrogens with one attached hydrogen (secondary N) is 1. The monoisotopic (exact) mass is 275 g/mol. The van der Waals surface area contributed by atoms with Gasteiger partial charge in [-0.05, 0) is 12.1 Å². The number of hydrogen-bond acceptors (Lipinski definition) is 4. The molecule has 0 atom stereocenters. The minimum Gasteiger partial charge on any atom is -0.395 e. The number of aromatic nitrogens is 1. The number of rotatable bonds is 4. The first-order valence-corrected chi connectivity index (χ1v) is 6.09. The number of carbonyl (C=O) groups is 2. The minimum atomic E-state index is -0.450. The van der Waals surface area contributed by atoms with Crippen LogP contribution < -0.4 is 5.32 Å². The summed E-state index contributed by atoms with van der Waals surface area (Å²) >= 11 is 0. The molecule has 20 heavy (non-hydrogen) atoms. The summed E-state index contributed by atoms with van der Waals surface area (Å²) in [5.41, 5.74) is 0.639. The molecular weight excluding hydrogens is 258 g/mol. The van der Waals surface area contributed by atoms with Gasteiger partial charge in [0.25, 0.3) is 5.91 Å². The van der Waals surface area contributed by atoms with Gasteiger partial charge in [0.15, 0.2) is 0 Å². The number of aliphatic hydroxyl groups is 1. The zero-order valence-electron chi connectivity index (χ0n) is 11.5. The molecular formula is C14H17N3O3. The van der Waals surface area contributed by atoms with Gasteiger partial charge in [0.2, 0.25) is 5.91 Å². The molecule has 0 radical (unpaired) electrons. The molecule has 0 aromatic carbocycles. The van der Waals surface area contributed by atoms with Crippen LogP contribution in [0.1, 0.15) is 22.5 Å². The van der Waals surface area contributed by atoms with Crippen molar-refractivity contribution in [1.82, 2.24) is 15.2 Å². The smallest absolute Gasteiger partial charge is 0.271 e. The number of nitrogens with zero attached hydrogens (tertiary/aromatic N) is 2. The van der Waals surface area contributed by atoms with Gasteiger partial charge in [-0.3, -0.25) is 9.59 Å². The van der Waals surface area contributed by atoms with Crippen LogP contribution >= 0.6 is 0 Å². The average molecular weight is 275 g/mol. The Labute approximate surface area is 117 Å². The summed E-state index contributed by atoms with van der Waals surface area (Å²) < 4.78 is 0. The van der Waals surface area contributed by atoms with E-state index in [9.17, 15) is 9.59 Å². The van der Waals surface area contributed by atoms with E-state index < -0.39 is 5.91 Å². The molecule has 0 saturated carbocycles. The van der Waals surface area contributed by atoms with Crippen LogP contribution in [0.15, 0.2) is 18.3 Å². The fourth-order valence-electron chi connectivity index (χ4n) is 1.30. The van der Waals surface area contributed by atoms with E-state index in [1.807, 2.05) is 0 Å². The molecule has 0 spiro atoms. The summed E-state index contributed by atoms with van der Waals surface area (Å²) in [5.74, 6) is 4.86. The van der Waals surface area contributed by atoms with Crippen LogP contribution in [0.2, 0.25) is 0 Å². The van der Waals surface area contributed by atoms with Gasteiger partial charge in [-0.1, -0.05) is 11.8 Å². The minimum absolute atomic E-state index is 0.0356. The fraction of sp³-hybridized carbons (Fsp3) is 0.357. The van der Waals surface area contributed by atoms with Crippen molar-refractivity contribution in [2.24, 2.45) is 0 Å². The van der Waals surface area contributed by atoms with Gasteiger partial charge >= 0.3 is 0 Å². The lowest BCUT2D eigenvalue weighted by Crippen LogP contribution is -2.36. The van der Waals surface area contributed by atoms with E-state index in [1.165, 1.54) is 11.1 Å². The van der Waals surface area contributed by atoms with Crippen molar-refractivity contribution in [1.29, 1.82) is 0 Å². The molecule has 0 bridgehead atoms. The predicted octanol–water partition coefficient (Wildman–Crippen LogP) is -0.367. The molecule has 0 aliphatic heterocycles. The fourth-order valence-corrected chi connectivity index (χ4v) is 1.30. The van der Waals surface area contributed by atoms with E-state index in [0.717, 1.165) is 0 Å². The number of amides is 2. The van der Waals surface area contributed by atoms with Crippen molar-refractivity contribution in [3.05, 3.63) is 29.6 Å². The summed E-state index contributed by atoms with van der Waals surface area (Å²) in [6.07, 6.45) is 1.81. The first-order chi connectivity index (χ1) is 9.56. The Morgan fingerprint density at radius 1 is 1.45 bits per heavy atom. The molecule has 1 aromatic heterocycles. The molecule has 1 aromatic rings. The predicted molar refractivity (Wildman–Crippen MR) is 73.8 cm³/mol. The molecule has 1 heterocycles. The van der Waals surface area contributed by atoms with Crippen molar-refractivity contribution in [2.45, 2.75) is 6.42 Å². The van der Waals surface area contributed by atoms with E-state index in [1.54, 1.807) is 26.2 Å². The third-order valence-corrected chi connectivity index (χ3v) is 2.38. The van der Waals surface area contributed by atoms with E-state index in [2.05, 4.69) is 22.1 Å². The highest BCUT2D eigenvalue weighted by Gasteiger charge is 2.13. The Balaban J connectivity index is 2.78. The topological polar surface area (TPSA) is 82.5 Å². The maximum absolute atomic E-state index is 12.0. The summed E-state index contributed by atoms with van der Waals surface area (Å²) in [4.78, 5) is 28.7. The molecule has 0 aliphatic rings. The lowest BCUT2D eigenvalue weighted by molar-refractivity contribution is -0.127. The van der Waals surface area contributed by atoms with Gasteiger partial charge < -0.3 is 15.3 Å². The van der Waals surface area contributed by atoms with Gasteiger partial charge in [0.05, 0.1) is 18.7 Å². The summed E-state index contributed by atoms with van der Waals surface area (Å²) in [6.45, 7) is -0.127. The van der Waals surface area contributed by atoms with Crippen molar-refractivity contribution >= 4 is 11.8 Å². The molecule has 2 amide bonds. The van der Waals surface area contributed by atoms with E-state index in [0.29, 0.717) is 12.0 Å². The van der Waals surface area contributed by atoms with Crippen molar-refractivity contribution in [3.8, 4) is 11.8 Å². The van der Waals surface area contributed by atoms with Gasteiger partial charge in [0, 0.05) is 26.7 Å². The second-order valence-electron chi connectivity index (χ2n) is 4.15. The summed E-state index contributed by atoms with van der Waals surface area (Å²) in [7, 11) is 3.22. The Kier molecular flexibility index (Phi) is 6.20. The van der Waals surface area contributed by atoms with Crippen molar-refractivity contribution < 1.29 is 14.7 Å². The summed E-state index contributed by atoms with van der Waals surface area (Å²) in [6, 6.07) is 3.34. The SMILES string of the molecule is CN(C)C(=O)CNC(=O)c1ncccc1C#CCCO. The molecule has 106 valence electrons. The number of carbonyl (C=O) groups excluding carboxylic acids is 2. The molecule has 0 unspecified atom stereocenters. The Bertz CT molecular complexity index is 544. The highest BCUT2D eigenvalue weighted by Crippen LogP contribution is 2.03. The van der Waals surface area contributed by atoms with Crippen molar-refractivity contribution in [3.63, 3.8) is 0 Å². The maximum atomic E-state index is 12.0. The van der Waals surface area contributed by atoms with Gasteiger partial charge in [-0.15, -0.1) is 0 Å². The largest absolute Gasteiger partial charge is 0.395 e. The van der Waals surface area contributed by atoms with Crippen LogP contribution in [-0.4, -0.2) is 54.1 Å². The van der Waals surface area contributed by atoms with Crippen LogP contribution in [0.4, 0.5) is 0 Å². The van der Waals surface area contributed by atoms with Crippen LogP contribution in [-0.2, 0) is 4.79 Å². The second-order valence-corrected chi connectivity index (χ2v) is 4.15. The van der Waals surface area contributed by atoms with E-state index in [-0.39, 0.29) is 24.8 Å². The van der Waals surface area contributed by atoms with Crippen LogP contribution in [0.3, 0.4) is 0 Å². The van der Waals surface area contributed by atoms with E-state index in [4.69, 9.17) is 5.11 Å². The lowest BCUT2D eigenvalue weighted by atomic mass is 10.2. The van der Waals surface area contributed by atoms with Crippen LogP contribution in [0.5, 0.6) is 0 Å². The highest BCUT2D eigenvalue weighted by molar-refractivity contribution is 5.96. The highest BCUT2D eigenvalue weighted by atomic mass is 16.2. The molecule has 0 fully saturated rings. The first kappa shape index (κ1) is 15.7. The Hall–Kier alpha value is -2.39. The Morgan fingerprint density at radius 3 is 2.85 bits per heavy atom. The lowest BCUT2D eigenvalue weighted by Gasteiger charge is -2.11. The standard InChI is InChI=1S/C14H17N3O3/c1-17(2)12(19)10-16-14(20)13-11(6-3-4-9-18)7-5-8-15-13/h5,7-8,18H,4,9-10H2,1-2H3,(H,16,20). The summed E-state index contributed by atoms with van der Waals surface area (Å²) in [5, 5.41) is 11.2. The number of aliphatic hydroxyl groups excluding tert-OH is 1. The van der Waals surface area contributed by atoms with Gasteiger partial charge in [-0.2, -0.15) is 0 Å². The van der Waals surface area contributed by atoms with Crippen molar-refractivity contribution in [2.75, 3.05) is 27.2 Å². The number of pyridine rings is 1. The third kappa shape index (κ3) is 4.71. The molecule has 6 heteroatoms. The van der Waals surface area contributed by atoms with Crippen LogP contribution in [0.25, 0.3) is 0 Å². The normalized spacial score (nSPS) is 9.35. The molecule has 0 saturated heterocycles. The van der Waals surface area contributed by atoms with Gasteiger partial charge in [0.1, 0.15) is 5.69 Å². The second kappa shape index (κ2) is 7.92. The molecule has 6 nitrogen and oxygen atoms in total. The molecule has 0 aliphatic carbocycles. The zero-order chi connectivity index (χ0) is 15.0. The van der Waals surface area contributed by atoms with Gasteiger partial charge in [-0.25, -0.2) is 4.98 Å². The third-order valence-electron chi connectivity index (χ3n) is 2.38. The first-order valence-electron chi connectivity index (χ1n) is 6.09. The number of hydrogen-bond donors (Lipinski definition) is 2. The average Bonchev–Trinajstić information content (AvgIpc) is 2.45.